The lowest BCUT2D eigenvalue weighted by Gasteiger charge is -2.07. The molecule has 0 amide bonds. The lowest BCUT2D eigenvalue weighted by Crippen LogP contribution is -2.26. The smallest absolute Gasteiger partial charge is 0.165 e. The van der Waals surface area contributed by atoms with Gasteiger partial charge in [0.1, 0.15) is 0 Å². The number of halogens is 1. The van der Waals surface area contributed by atoms with E-state index in [4.69, 9.17) is 4.74 Å². The second-order valence-corrected chi connectivity index (χ2v) is 3.80. The van der Waals surface area contributed by atoms with Crippen molar-refractivity contribution < 1.29 is 9.13 Å². The Bertz CT molecular complexity index is 331. The largest absolute Gasteiger partial charge is 0.491 e. The Balaban J connectivity index is 2.36. The summed E-state index contributed by atoms with van der Waals surface area (Å²) >= 11 is 0. The third-order valence-corrected chi connectivity index (χ3v) is 2.44. The van der Waals surface area contributed by atoms with Gasteiger partial charge in [0.2, 0.25) is 0 Å². The fourth-order valence-electron chi connectivity index (χ4n) is 1.54. The first-order valence-corrected chi connectivity index (χ1v) is 6.04. The molecule has 0 heterocycles. The van der Waals surface area contributed by atoms with E-state index in [0.29, 0.717) is 12.4 Å². The molecule has 1 rings (SSSR count). The predicted octanol–water partition coefficient (Wildman–Crippen LogP) is 1.58. The lowest BCUT2D eigenvalue weighted by molar-refractivity contribution is 0.321. The third-order valence-electron chi connectivity index (χ3n) is 2.44. The van der Waals surface area contributed by atoms with Gasteiger partial charge in [0, 0.05) is 13.1 Å². The van der Waals surface area contributed by atoms with Crippen molar-refractivity contribution in [2.45, 2.75) is 13.3 Å². The first-order valence-electron chi connectivity index (χ1n) is 6.04. The van der Waals surface area contributed by atoms with Crippen molar-refractivity contribution in [2.24, 2.45) is 0 Å². The van der Waals surface area contributed by atoms with E-state index < -0.39 is 0 Å². The molecule has 4 heteroatoms. The second-order valence-electron chi connectivity index (χ2n) is 3.80. The molecule has 96 valence electrons. The van der Waals surface area contributed by atoms with Gasteiger partial charge in [-0.3, -0.25) is 0 Å². The zero-order valence-electron chi connectivity index (χ0n) is 10.6. The van der Waals surface area contributed by atoms with Crippen LogP contribution >= 0.6 is 0 Å². The van der Waals surface area contributed by atoms with E-state index in [9.17, 15) is 4.39 Å². The molecule has 1 aromatic rings. The van der Waals surface area contributed by atoms with Crippen LogP contribution in [0.3, 0.4) is 0 Å². The van der Waals surface area contributed by atoms with Gasteiger partial charge in [-0.25, -0.2) is 4.39 Å². The monoisotopic (exact) mass is 240 g/mol. The Morgan fingerprint density at radius 1 is 1.24 bits per heavy atom. The van der Waals surface area contributed by atoms with Crippen molar-refractivity contribution in [1.29, 1.82) is 0 Å². The molecule has 0 aliphatic rings. The average Bonchev–Trinajstić information content (AvgIpc) is 2.32. The fourth-order valence-corrected chi connectivity index (χ4v) is 1.54. The van der Waals surface area contributed by atoms with E-state index in [1.54, 1.807) is 12.1 Å². The molecule has 0 fully saturated rings. The minimum atomic E-state index is -0.278. The zero-order chi connectivity index (χ0) is 12.5. The molecule has 0 atom stereocenters. The van der Waals surface area contributed by atoms with E-state index in [1.165, 1.54) is 0 Å². The highest BCUT2D eigenvalue weighted by atomic mass is 19.1. The molecule has 0 aromatic heterocycles. The van der Waals surface area contributed by atoms with Gasteiger partial charge < -0.3 is 15.4 Å². The summed E-state index contributed by atoms with van der Waals surface area (Å²) in [4.78, 5) is 0. The van der Waals surface area contributed by atoms with Gasteiger partial charge >= 0.3 is 0 Å². The van der Waals surface area contributed by atoms with Crippen LogP contribution in [0.5, 0.6) is 5.75 Å². The van der Waals surface area contributed by atoms with Gasteiger partial charge in [-0.15, -0.1) is 0 Å². The summed E-state index contributed by atoms with van der Waals surface area (Å²) in [6.45, 7) is 5.06. The van der Waals surface area contributed by atoms with E-state index in [0.717, 1.165) is 31.6 Å². The summed E-state index contributed by atoms with van der Waals surface area (Å²) in [6.07, 6.45) is 0.826. The van der Waals surface area contributed by atoms with Crippen molar-refractivity contribution in [1.82, 2.24) is 10.6 Å². The maximum absolute atomic E-state index is 13.5. The Kier molecular flexibility index (Phi) is 6.58. The molecule has 0 unspecified atom stereocenters. The molecular formula is C13H21FN2O. The third kappa shape index (κ3) is 5.15. The summed E-state index contributed by atoms with van der Waals surface area (Å²) < 4.78 is 18.7. The molecule has 0 aliphatic carbocycles. The maximum Gasteiger partial charge on any atom is 0.165 e. The molecule has 3 nitrogen and oxygen atoms in total. The van der Waals surface area contributed by atoms with Crippen LogP contribution in [0.1, 0.15) is 12.5 Å². The van der Waals surface area contributed by atoms with Crippen LogP contribution in [0.25, 0.3) is 0 Å². The minimum Gasteiger partial charge on any atom is -0.491 e. The summed E-state index contributed by atoms with van der Waals surface area (Å²) in [5.74, 6) is 0.0546. The molecule has 2 N–H and O–H groups in total. The van der Waals surface area contributed by atoms with E-state index in [1.807, 2.05) is 20.0 Å². The van der Waals surface area contributed by atoms with Gasteiger partial charge in [-0.05, 0) is 44.6 Å². The number of likely N-dealkylation sites (N-methyl/N-ethyl adjacent to an activating group) is 1. The van der Waals surface area contributed by atoms with Crippen LogP contribution in [0, 0.1) is 5.82 Å². The van der Waals surface area contributed by atoms with E-state index in [-0.39, 0.29) is 5.82 Å². The molecule has 0 saturated heterocycles. The average molecular weight is 240 g/mol. The molecule has 0 radical (unpaired) electrons. The normalized spacial score (nSPS) is 10.5. The number of hydrogen-bond donors (Lipinski definition) is 2. The first-order chi connectivity index (χ1) is 8.27. The van der Waals surface area contributed by atoms with Crippen LogP contribution in [0.4, 0.5) is 4.39 Å². The van der Waals surface area contributed by atoms with Crippen LogP contribution in [0.2, 0.25) is 0 Å². The minimum absolute atomic E-state index is 0.278. The first kappa shape index (κ1) is 13.9. The number of nitrogens with one attached hydrogen (secondary N) is 2. The second kappa shape index (κ2) is 8.03. The number of ether oxygens (including phenoxy) is 1. The summed E-state index contributed by atoms with van der Waals surface area (Å²) in [5, 5.41) is 6.34. The van der Waals surface area contributed by atoms with Gasteiger partial charge in [0.25, 0.3) is 0 Å². The van der Waals surface area contributed by atoms with Crippen molar-refractivity contribution in [3.05, 3.63) is 29.6 Å². The van der Waals surface area contributed by atoms with Crippen molar-refractivity contribution >= 4 is 0 Å². The van der Waals surface area contributed by atoms with Gasteiger partial charge in [0.15, 0.2) is 11.6 Å². The van der Waals surface area contributed by atoms with E-state index >= 15 is 0 Å². The number of hydrogen-bond acceptors (Lipinski definition) is 3. The van der Waals surface area contributed by atoms with Crippen LogP contribution in [-0.2, 0) is 6.42 Å². The highest BCUT2D eigenvalue weighted by Gasteiger charge is 2.03. The Labute approximate surface area is 102 Å². The highest BCUT2D eigenvalue weighted by Crippen LogP contribution is 2.18. The zero-order valence-corrected chi connectivity index (χ0v) is 10.6. The Hall–Kier alpha value is -1.13. The van der Waals surface area contributed by atoms with Crippen LogP contribution in [-0.4, -0.2) is 33.3 Å². The standard InChI is InChI=1S/C13H21FN2O/c1-3-17-13-5-4-11(10-12(13)14)6-7-16-9-8-15-2/h4-5,10,15-16H,3,6-9H2,1-2H3. The number of rotatable bonds is 8. The van der Waals surface area contributed by atoms with Crippen molar-refractivity contribution in [2.75, 3.05) is 33.3 Å². The van der Waals surface area contributed by atoms with Crippen LogP contribution < -0.4 is 15.4 Å². The molecule has 0 spiro atoms. The van der Waals surface area contributed by atoms with Gasteiger partial charge in [-0.2, -0.15) is 0 Å². The maximum atomic E-state index is 13.5. The summed E-state index contributed by atoms with van der Waals surface area (Å²) in [5.41, 5.74) is 0.989. The predicted molar refractivity (Wildman–Crippen MR) is 68.1 cm³/mol. The molecule has 1 aromatic carbocycles. The summed E-state index contributed by atoms with van der Waals surface area (Å²) in [6, 6.07) is 5.15. The van der Waals surface area contributed by atoms with Gasteiger partial charge in [0.05, 0.1) is 6.61 Å². The highest BCUT2D eigenvalue weighted by molar-refractivity contribution is 5.29. The summed E-state index contributed by atoms with van der Waals surface area (Å²) in [7, 11) is 1.92. The SMILES string of the molecule is CCOc1ccc(CCNCCNC)cc1F. The molecule has 0 aliphatic heterocycles. The topological polar surface area (TPSA) is 33.3 Å². The lowest BCUT2D eigenvalue weighted by atomic mass is 10.1. The van der Waals surface area contributed by atoms with Crippen molar-refractivity contribution in [3.8, 4) is 5.75 Å². The quantitative estimate of drug-likeness (QED) is 0.677. The Morgan fingerprint density at radius 3 is 2.71 bits per heavy atom. The molecule has 0 bridgehead atoms. The van der Waals surface area contributed by atoms with Crippen LogP contribution in [0.15, 0.2) is 18.2 Å². The van der Waals surface area contributed by atoms with Crippen molar-refractivity contribution in [3.63, 3.8) is 0 Å². The van der Waals surface area contributed by atoms with E-state index in [2.05, 4.69) is 10.6 Å². The molecule has 0 saturated carbocycles. The number of benzene rings is 1. The fraction of sp³-hybridized carbons (Fsp3) is 0.538. The Morgan fingerprint density at radius 2 is 2.06 bits per heavy atom. The molecular weight excluding hydrogens is 219 g/mol. The van der Waals surface area contributed by atoms with Gasteiger partial charge in [-0.1, -0.05) is 6.07 Å². The molecule has 17 heavy (non-hydrogen) atoms.